The van der Waals surface area contributed by atoms with Crippen molar-refractivity contribution in [2.75, 3.05) is 13.7 Å². The lowest BCUT2D eigenvalue weighted by Crippen LogP contribution is -2.41. The molecule has 0 amide bonds. The highest BCUT2D eigenvalue weighted by molar-refractivity contribution is 5.69. The first kappa shape index (κ1) is 26.6. The molecule has 0 saturated carbocycles. The lowest BCUT2D eigenvalue weighted by atomic mass is 9.91. The van der Waals surface area contributed by atoms with E-state index in [2.05, 4.69) is 0 Å². The lowest BCUT2D eigenvalue weighted by Gasteiger charge is -2.31. The van der Waals surface area contributed by atoms with Gasteiger partial charge in [0.05, 0.1) is 20.3 Å². The van der Waals surface area contributed by atoms with Crippen LogP contribution in [0.5, 0.6) is 5.75 Å². The van der Waals surface area contributed by atoms with E-state index in [9.17, 15) is 14.7 Å². The van der Waals surface area contributed by atoms with Crippen LogP contribution in [0, 0.1) is 0 Å². The number of hydrogen-bond donors (Lipinski definition) is 1. The summed E-state index contributed by atoms with van der Waals surface area (Å²) in [6.07, 6.45) is 6.45. The van der Waals surface area contributed by atoms with Gasteiger partial charge < -0.3 is 24.1 Å². The normalized spacial score (nSPS) is 25.8. The van der Waals surface area contributed by atoms with E-state index in [1.807, 2.05) is 37.3 Å². The minimum absolute atomic E-state index is 0.267. The van der Waals surface area contributed by atoms with E-state index in [0.29, 0.717) is 38.9 Å². The Morgan fingerprint density at radius 3 is 2.64 bits per heavy atom. The molecule has 7 heteroatoms. The van der Waals surface area contributed by atoms with Crippen LogP contribution in [0.3, 0.4) is 0 Å². The van der Waals surface area contributed by atoms with E-state index in [4.69, 9.17) is 18.9 Å². The van der Waals surface area contributed by atoms with Crippen molar-refractivity contribution in [2.24, 2.45) is 0 Å². The summed E-state index contributed by atoms with van der Waals surface area (Å²) in [6, 6.07) is 7.67. The first-order valence-corrected chi connectivity index (χ1v) is 11.3. The number of esters is 2. The Labute approximate surface area is 196 Å². The highest BCUT2D eigenvalue weighted by atomic mass is 16.6. The number of ether oxygens (including phenoxy) is 4. The molecule has 0 aromatic heterocycles. The monoisotopic (exact) mass is 460 g/mol. The number of benzene rings is 1. The molecule has 1 aromatic carbocycles. The molecule has 1 heterocycles. The third-order valence-electron chi connectivity index (χ3n) is 5.61. The Balaban J connectivity index is 2.02. The number of rotatable bonds is 7. The highest BCUT2D eigenvalue weighted by Crippen LogP contribution is 2.25. The van der Waals surface area contributed by atoms with Crippen LogP contribution in [-0.4, -0.2) is 48.6 Å². The molecule has 1 aliphatic rings. The predicted molar refractivity (Wildman–Crippen MR) is 125 cm³/mol. The molecular weight excluding hydrogens is 424 g/mol. The Morgan fingerprint density at radius 2 is 1.97 bits per heavy atom. The van der Waals surface area contributed by atoms with E-state index < -0.39 is 23.8 Å². The number of hydrogen-bond acceptors (Lipinski definition) is 7. The van der Waals surface area contributed by atoms with Crippen molar-refractivity contribution in [3.63, 3.8) is 0 Å². The Bertz CT molecular complexity index is 824. The molecule has 7 nitrogen and oxygen atoms in total. The van der Waals surface area contributed by atoms with Gasteiger partial charge in [-0.25, -0.2) is 0 Å². The summed E-state index contributed by atoms with van der Waals surface area (Å²) in [5.74, 6) is 0.0754. The summed E-state index contributed by atoms with van der Waals surface area (Å²) in [4.78, 5) is 23.8. The van der Waals surface area contributed by atoms with Crippen molar-refractivity contribution in [1.82, 2.24) is 0 Å². The van der Waals surface area contributed by atoms with E-state index in [1.54, 1.807) is 26.2 Å². The largest absolute Gasteiger partial charge is 0.497 e. The number of carbonyl (C=O) groups is 2. The summed E-state index contributed by atoms with van der Waals surface area (Å²) in [7, 11) is 1.63. The molecule has 33 heavy (non-hydrogen) atoms. The van der Waals surface area contributed by atoms with Crippen LogP contribution < -0.4 is 4.74 Å². The van der Waals surface area contributed by atoms with E-state index in [1.165, 1.54) is 6.92 Å². The molecule has 182 valence electrons. The average molecular weight is 461 g/mol. The van der Waals surface area contributed by atoms with E-state index in [-0.39, 0.29) is 12.4 Å². The molecule has 0 radical (unpaired) electrons. The van der Waals surface area contributed by atoms with Gasteiger partial charge in [0.15, 0.2) is 0 Å². The van der Waals surface area contributed by atoms with Crippen molar-refractivity contribution in [3.8, 4) is 5.75 Å². The van der Waals surface area contributed by atoms with Crippen LogP contribution in [0.4, 0.5) is 0 Å². The van der Waals surface area contributed by atoms with E-state index >= 15 is 0 Å². The quantitative estimate of drug-likeness (QED) is 0.369. The maximum Gasteiger partial charge on any atom is 0.306 e. The maximum atomic E-state index is 12.3. The van der Waals surface area contributed by atoms with Crippen LogP contribution in [0.1, 0.15) is 58.4 Å². The van der Waals surface area contributed by atoms with Gasteiger partial charge in [0.25, 0.3) is 0 Å². The topological polar surface area (TPSA) is 91.3 Å². The molecule has 0 spiro atoms. The second-order valence-electron chi connectivity index (χ2n) is 8.55. The third-order valence-corrected chi connectivity index (χ3v) is 5.61. The van der Waals surface area contributed by atoms with Gasteiger partial charge in [0.2, 0.25) is 0 Å². The predicted octanol–water partition coefficient (Wildman–Crippen LogP) is 4.27. The minimum Gasteiger partial charge on any atom is -0.497 e. The highest BCUT2D eigenvalue weighted by Gasteiger charge is 2.32. The van der Waals surface area contributed by atoms with Crippen LogP contribution in [0.15, 0.2) is 48.1 Å². The van der Waals surface area contributed by atoms with Crippen LogP contribution in [-0.2, 0) is 30.4 Å². The molecule has 0 saturated heterocycles. The maximum absolute atomic E-state index is 12.3. The molecule has 0 fully saturated rings. The Kier molecular flexibility index (Phi) is 10.6. The number of carbonyl (C=O) groups excluding carboxylic acids is 2. The molecule has 1 aromatic rings. The number of methoxy groups -OCH3 is 1. The van der Waals surface area contributed by atoms with Gasteiger partial charge in [-0.3, -0.25) is 9.59 Å². The first-order valence-electron chi connectivity index (χ1n) is 11.3. The number of cyclic esters (lactones) is 1. The lowest BCUT2D eigenvalue weighted by molar-refractivity contribution is -0.156. The van der Waals surface area contributed by atoms with Gasteiger partial charge in [0, 0.05) is 19.8 Å². The number of aliphatic hydroxyl groups is 1. The third kappa shape index (κ3) is 9.40. The SMILES string of the molecule is COc1ccc(COC/C=C(\C)[C@@H]2C/C=C/[C@H](OC(C)=O)[C@](C)(O)CCCCC(=O)O2)cc1. The van der Waals surface area contributed by atoms with Crippen molar-refractivity contribution in [3.05, 3.63) is 53.6 Å². The van der Waals surface area contributed by atoms with Crippen molar-refractivity contribution in [1.29, 1.82) is 0 Å². The van der Waals surface area contributed by atoms with Crippen LogP contribution in [0.25, 0.3) is 0 Å². The fraction of sp³-hybridized carbons (Fsp3) is 0.538. The zero-order valence-electron chi connectivity index (χ0n) is 20.0. The van der Waals surface area contributed by atoms with Gasteiger partial charge in [0.1, 0.15) is 23.6 Å². The molecule has 1 aliphatic heterocycles. The summed E-state index contributed by atoms with van der Waals surface area (Å²) in [5.41, 5.74) is 0.697. The standard InChI is InChI=1S/C26H36O7/c1-19(15-17-31-18-21-11-13-22(30-4)14-12-21)23-8-7-9-24(32-20(2)27)26(3,29)16-6-5-10-25(28)33-23/h7,9,11-15,23-24,29H,5-6,8,10,16-18H2,1-4H3/b9-7+,19-15+/t23-,24-,26+/m0/s1. The zero-order chi connectivity index (χ0) is 24.3. The summed E-state index contributed by atoms with van der Waals surface area (Å²) >= 11 is 0. The molecule has 1 N–H and O–H groups in total. The van der Waals surface area contributed by atoms with Gasteiger partial charge in [-0.2, -0.15) is 0 Å². The second kappa shape index (κ2) is 13.2. The molecular formula is C26H36O7. The smallest absolute Gasteiger partial charge is 0.306 e. The van der Waals surface area contributed by atoms with Crippen LogP contribution >= 0.6 is 0 Å². The Morgan fingerprint density at radius 1 is 1.24 bits per heavy atom. The molecule has 3 atom stereocenters. The fourth-order valence-electron chi connectivity index (χ4n) is 3.54. The van der Waals surface area contributed by atoms with Gasteiger partial charge >= 0.3 is 11.9 Å². The van der Waals surface area contributed by atoms with Gasteiger partial charge in [-0.1, -0.05) is 24.3 Å². The summed E-state index contributed by atoms with van der Waals surface area (Å²) < 4.78 is 21.9. The summed E-state index contributed by atoms with van der Waals surface area (Å²) in [5, 5.41) is 10.8. The first-order chi connectivity index (χ1) is 15.7. The Hall–Kier alpha value is -2.64. The fourth-order valence-corrected chi connectivity index (χ4v) is 3.54. The van der Waals surface area contributed by atoms with Crippen LogP contribution in [0.2, 0.25) is 0 Å². The molecule has 2 rings (SSSR count). The molecule has 0 aliphatic carbocycles. The average Bonchev–Trinajstić information content (AvgIpc) is 2.77. The molecule has 0 unspecified atom stereocenters. The second-order valence-corrected chi connectivity index (χ2v) is 8.55. The summed E-state index contributed by atoms with van der Waals surface area (Å²) in [6.45, 7) is 5.70. The van der Waals surface area contributed by atoms with Crippen molar-refractivity contribution >= 4 is 11.9 Å². The van der Waals surface area contributed by atoms with Gasteiger partial charge in [-0.05, 0) is 62.5 Å². The minimum atomic E-state index is -1.21. The van der Waals surface area contributed by atoms with E-state index in [0.717, 1.165) is 16.9 Å². The van der Waals surface area contributed by atoms with Crippen molar-refractivity contribution in [2.45, 2.75) is 77.3 Å². The van der Waals surface area contributed by atoms with Gasteiger partial charge in [-0.15, -0.1) is 0 Å². The molecule has 0 bridgehead atoms. The van der Waals surface area contributed by atoms with Crippen molar-refractivity contribution < 1.29 is 33.6 Å². The zero-order valence-corrected chi connectivity index (χ0v) is 20.0.